The normalized spacial score (nSPS) is 12.8. The van der Waals surface area contributed by atoms with E-state index in [4.69, 9.17) is 5.11 Å². The number of carboxylic acid groups (broad SMARTS) is 1. The molecule has 0 saturated carbocycles. The molecule has 0 amide bonds. The van der Waals surface area contributed by atoms with E-state index in [9.17, 15) is 4.79 Å². The molecule has 0 aromatic carbocycles. The molecule has 0 aliphatic heterocycles. The number of allylic oxidation sites excluding steroid dienone is 2. The van der Waals surface area contributed by atoms with Crippen molar-refractivity contribution in [3.8, 4) is 0 Å². The second-order valence-electron chi connectivity index (χ2n) is 6.97. The van der Waals surface area contributed by atoms with Crippen LogP contribution in [0.5, 0.6) is 0 Å². The molecule has 2 nitrogen and oxygen atoms in total. The molecule has 0 radical (unpaired) electrons. The summed E-state index contributed by atoms with van der Waals surface area (Å²) in [5, 5.41) is 8.80. The largest absolute Gasteiger partial charge is 0.481 e. The summed E-state index contributed by atoms with van der Waals surface area (Å²) in [5.74, 6) is -0.824. The van der Waals surface area contributed by atoms with Gasteiger partial charge in [-0.2, -0.15) is 0 Å². The Morgan fingerprint density at radius 1 is 0.783 bits per heavy atom. The van der Waals surface area contributed by atoms with E-state index in [-0.39, 0.29) is 5.92 Å². The van der Waals surface area contributed by atoms with Crippen LogP contribution >= 0.6 is 0 Å². The summed E-state index contributed by atoms with van der Waals surface area (Å²) in [6.45, 7) is 4.07. The van der Waals surface area contributed by atoms with Crippen molar-refractivity contribution in [2.24, 2.45) is 5.92 Å². The van der Waals surface area contributed by atoms with Crippen LogP contribution in [0.15, 0.2) is 12.2 Å². The number of aliphatic carboxylic acids is 1. The molecular formula is C21H40O2. The van der Waals surface area contributed by atoms with Gasteiger partial charge in [-0.15, -0.1) is 0 Å². The van der Waals surface area contributed by atoms with Gasteiger partial charge in [0.1, 0.15) is 0 Å². The molecule has 23 heavy (non-hydrogen) atoms. The summed E-state index contributed by atoms with van der Waals surface area (Å²) in [6, 6.07) is 0. The minimum absolute atomic E-state index is 0.172. The zero-order chi connectivity index (χ0) is 17.2. The maximum Gasteiger partial charge on any atom is 0.306 e. The molecule has 1 unspecified atom stereocenters. The Morgan fingerprint density at radius 3 is 1.70 bits per heavy atom. The van der Waals surface area contributed by atoms with Gasteiger partial charge in [0.25, 0.3) is 0 Å². The Kier molecular flexibility index (Phi) is 17.0. The summed E-state index contributed by atoms with van der Waals surface area (Å²) in [6.07, 6.45) is 23.8. The van der Waals surface area contributed by atoms with Crippen molar-refractivity contribution in [2.45, 2.75) is 110 Å². The molecule has 0 rings (SSSR count). The summed E-state index contributed by atoms with van der Waals surface area (Å²) in [5.41, 5.74) is 0. The van der Waals surface area contributed by atoms with Crippen molar-refractivity contribution in [3.63, 3.8) is 0 Å². The molecule has 0 aliphatic rings. The Hall–Kier alpha value is -0.790. The van der Waals surface area contributed by atoms with E-state index < -0.39 is 5.97 Å². The lowest BCUT2D eigenvalue weighted by atomic mass is 10.0. The predicted octanol–water partition coefficient (Wildman–Crippen LogP) is 7.13. The zero-order valence-electron chi connectivity index (χ0n) is 15.7. The minimum Gasteiger partial charge on any atom is -0.481 e. The highest BCUT2D eigenvalue weighted by Crippen LogP contribution is 2.13. The highest BCUT2D eigenvalue weighted by molar-refractivity contribution is 5.69. The van der Waals surface area contributed by atoms with Crippen LogP contribution in [0.3, 0.4) is 0 Å². The first kappa shape index (κ1) is 22.2. The van der Waals surface area contributed by atoms with Gasteiger partial charge in [-0.3, -0.25) is 4.79 Å². The SMILES string of the molecule is CCCCCCC=CCCCCCCCCCCC(C)C(=O)O. The van der Waals surface area contributed by atoms with E-state index in [2.05, 4.69) is 19.1 Å². The molecule has 136 valence electrons. The molecule has 0 aromatic heterocycles. The first-order chi connectivity index (χ1) is 11.2. The topological polar surface area (TPSA) is 37.3 Å². The number of carboxylic acids is 1. The van der Waals surface area contributed by atoms with Crippen LogP contribution in [-0.2, 0) is 4.79 Å². The fourth-order valence-electron chi connectivity index (χ4n) is 2.82. The van der Waals surface area contributed by atoms with Gasteiger partial charge in [-0.25, -0.2) is 0 Å². The van der Waals surface area contributed by atoms with Crippen LogP contribution in [0, 0.1) is 5.92 Å². The fourth-order valence-corrected chi connectivity index (χ4v) is 2.82. The number of unbranched alkanes of at least 4 members (excludes halogenated alkanes) is 12. The smallest absolute Gasteiger partial charge is 0.306 e. The first-order valence-electron chi connectivity index (χ1n) is 10.1. The maximum absolute atomic E-state index is 10.7. The van der Waals surface area contributed by atoms with Crippen LogP contribution in [0.1, 0.15) is 110 Å². The lowest BCUT2D eigenvalue weighted by Crippen LogP contribution is -2.08. The van der Waals surface area contributed by atoms with Crippen molar-refractivity contribution >= 4 is 5.97 Å². The van der Waals surface area contributed by atoms with Crippen LogP contribution in [0.4, 0.5) is 0 Å². The lowest BCUT2D eigenvalue weighted by molar-refractivity contribution is -0.141. The van der Waals surface area contributed by atoms with Crippen LogP contribution in [-0.4, -0.2) is 11.1 Å². The summed E-state index contributed by atoms with van der Waals surface area (Å²) in [7, 11) is 0. The predicted molar refractivity (Wildman–Crippen MR) is 101 cm³/mol. The molecule has 1 N–H and O–H groups in total. The average Bonchev–Trinajstić information content (AvgIpc) is 2.54. The highest BCUT2D eigenvalue weighted by Gasteiger charge is 2.09. The quantitative estimate of drug-likeness (QED) is 0.228. The molecule has 0 saturated heterocycles. The standard InChI is InChI=1S/C21H40O2/c1-3-4-5-6-7-8-9-10-11-12-13-14-15-16-17-18-19-20(2)21(22)23/h8-9,20H,3-7,10-19H2,1-2H3,(H,22,23). The monoisotopic (exact) mass is 324 g/mol. The summed E-state index contributed by atoms with van der Waals surface area (Å²) < 4.78 is 0. The second-order valence-corrected chi connectivity index (χ2v) is 6.97. The Bertz CT molecular complexity index is 284. The molecule has 0 heterocycles. The third-order valence-electron chi connectivity index (χ3n) is 4.57. The van der Waals surface area contributed by atoms with E-state index in [1.54, 1.807) is 0 Å². The average molecular weight is 325 g/mol. The Labute approximate surface area is 144 Å². The highest BCUT2D eigenvalue weighted by atomic mass is 16.4. The van der Waals surface area contributed by atoms with Gasteiger partial charge in [0.05, 0.1) is 5.92 Å². The molecule has 0 bridgehead atoms. The Balaban J connectivity index is 3.13. The van der Waals surface area contributed by atoms with Gasteiger partial charge in [-0.05, 0) is 32.1 Å². The molecule has 2 heteroatoms. The van der Waals surface area contributed by atoms with Gasteiger partial charge in [0.15, 0.2) is 0 Å². The van der Waals surface area contributed by atoms with Crippen molar-refractivity contribution in [2.75, 3.05) is 0 Å². The molecule has 0 fully saturated rings. The van der Waals surface area contributed by atoms with E-state index in [1.165, 1.54) is 83.5 Å². The van der Waals surface area contributed by atoms with Crippen molar-refractivity contribution in [3.05, 3.63) is 12.2 Å². The van der Waals surface area contributed by atoms with Crippen molar-refractivity contribution in [1.82, 2.24) is 0 Å². The van der Waals surface area contributed by atoms with Crippen LogP contribution in [0.25, 0.3) is 0 Å². The molecule has 0 aromatic rings. The number of rotatable bonds is 17. The lowest BCUT2D eigenvalue weighted by Gasteiger charge is -2.05. The van der Waals surface area contributed by atoms with E-state index in [0.29, 0.717) is 0 Å². The van der Waals surface area contributed by atoms with Gasteiger partial charge in [0, 0.05) is 0 Å². The van der Waals surface area contributed by atoms with Crippen LogP contribution in [0.2, 0.25) is 0 Å². The molecule has 1 atom stereocenters. The van der Waals surface area contributed by atoms with Crippen molar-refractivity contribution < 1.29 is 9.90 Å². The summed E-state index contributed by atoms with van der Waals surface area (Å²) in [4.78, 5) is 10.7. The second kappa shape index (κ2) is 17.6. The number of hydrogen-bond donors (Lipinski definition) is 1. The zero-order valence-corrected chi connectivity index (χ0v) is 15.7. The third kappa shape index (κ3) is 17.4. The van der Waals surface area contributed by atoms with Gasteiger partial charge >= 0.3 is 5.97 Å². The number of hydrogen-bond acceptors (Lipinski definition) is 1. The third-order valence-corrected chi connectivity index (χ3v) is 4.57. The van der Waals surface area contributed by atoms with E-state index in [0.717, 1.165) is 12.8 Å². The van der Waals surface area contributed by atoms with Crippen molar-refractivity contribution in [1.29, 1.82) is 0 Å². The van der Waals surface area contributed by atoms with E-state index >= 15 is 0 Å². The summed E-state index contributed by atoms with van der Waals surface area (Å²) >= 11 is 0. The fraction of sp³-hybridized carbons (Fsp3) is 0.857. The van der Waals surface area contributed by atoms with Gasteiger partial charge < -0.3 is 5.11 Å². The minimum atomic E-state index is -0.653. The van der Waals surface area contributed by atoms with Gasteiger partial charge in [-0.1, -0.05) is 90.2 Å². The maximum atomic E-state index is 10.7. The molecule has 0 spiro atoms. The molecule has 0 aliphatic carbocycles. The number of carbonyl (C=O) groups is 1. The van der Waals surface area contributed by atoms with Gasteiger partial charge in [0.2, 0.25) is 0 Å². The molecular weight excluding hydrogens is 284 g/mol. The van der Waals surface area contributed by atoms with E-state index in [1.807, 2.05) is 6.92 Å². The first-order valence-corrected chi connectivity index (χ1v) is 10.1. The van der Waals surface area contributed by atoms with Crippen LogP contribution < -0.4 is 0 Å². The Morgan fingerprint density at radius 2 is 1.22 bits per heavy atom.